The van der Waals surface area contributed by atoms with Crippen LogP contribution in [0.25, 0.3) is 0 Å². The van der Waals surface area contributed by atoms with Gasteiger partial charge >= 0.3 is 0 Å². The van der Waals surface area contributed by atoms with E-state index in [-0.39, 0.29) is 0 Å². The molecule has 22 heavy (non-hydrogen) atoms. The number of hydrogen-bond donors (Lipinski definition) is 1. The van der Waals surface area contributed by atoms with Crippen molar-refractivity contribution in [3.8, 4) is 0 Å². The van der Waals surface area contributed by atoms with Gasteiger partial charge in [-0.25, -0.2) is 0 Å². The summed E-state index contributed by atoms with van der Waals surface area (Å²) >= 11 is 0. The molecule has 0 aromatic carbocycles. The third kappa shape index (κ3) is 3.78. The Balaban J connectivity index is 3.32. The monoisotopic (exact) mass is 339 g/mol. The third-order valence-electron chi connectivity index (χ3n) is 6.53. The minimum Gasteiger partial charge on any atom is -0.316 e. The van der Waals surface area contributed by atoms with Gasteiger partial charge < -0.3 is 5.32 Å². The van der Waals surface area contributed by atoms with E-state index in [1.54, 1.807) is 0 Å². The molecule has 0 aliphatic heterocycles. The van der Waals surface area contributed by atoms with Gasteiger partial charge in [0.2, 0.25) is 0 Å². The van der Waals surface area contributed by atoms with Gasteiger partial charge in [-0.2, -0.15) is 0 Å². The molecular formula is C19H41NSi2. The Morgan fingerprint density at radius 1 is 0.909 bits per heavy atom. The van der Waals surface area contributed by atoms with E-state index >= 15 is 0 Å². The van der Waals surface area contributed by atoms with Gasteiger partial charge in [0.15, 0.2) is 0 Å². The zero-order valence-electron chi connectivity index (χ0n) is 16.5. The summed E-state index contributed by atoms with van der Waals surface area (Å²) in [6, 6.07) is 0.764. The molecule has 1 N–H and O–H groups in total. The van der Waals surface area contributed by atoms with Crippen molar-refractivity contribution >= 4 is 16.1 Å². The molecule has 1 saturated carbocycles. The molecule has 1 rings (SSSR count). The maximum absolute atomic E-state index is 4.26. The fraction of sp³-hybridized carbons (Fsp3) is 0.895. The predicted octanol–water partition coefficient (Wildman–Crippen LogP) is 6.08. The molecule has 0 amide bonds. The van der Waals surface area contributed by atoms with E-state index in [1.807, 2.05) is 0 Å². The number of nitrogens with one attached hydrogen (secondary N) is 1. The Kier molecular flexibility index (Phi) is 7.16. The molecule has 1 unspecified atom stereocenters. The van der Waals surface area contributed by atoms with Crippen molar-refractivity contribution in [3.63, 3.8) is 0 Å². The van der Waals surface area contributed by atoms with Crippen molar-refractivity contribution in [2.45, 2.75) is 108 Å². The van der Waals surface area contributed by atoms with E-state index < -0.39 is 16.1 Å². The first-order valence-electron chi connectivity index (χ1n) is 9.50. The fourth-order valence-corrected chi connectivity index (χ4v) is 21.4. The Morgan fingerprint density at radius 2 is 1.32 bits per heavy atom. The first kappa shape index (κ1) is 20.2. The minimum absolute atomic E-state index is 0.751. The van der Waals surface area contributed by atoms with Gasteiger partial charge in [-0.3, -0.25) is 0 Å². The van der Waals surface area contributed by atoms with Gasteiger partial charge in [-0.05, 0) is 29.5 Å². The van der Waals surface area contributed by atoms with E-state index in [4.69, 9.17) is 0 Å². The summed E-state index contributed by atoms with van der Waals surface area (Å²) in [6.45, 7) is 24.4. The average Bonchev–Trinajstić information content (AvgIpc) is 2.90. The second-order valence-corrected chi connectivity index (χ2v) is 20.3. The zero-order chi connectivity index (χ0) is 17.1. The van der Waals surface area contributed by atoms with Gasteiger partial charge in [0, 0.05) is 11.3 Å². The topological polar surface area (TPSA) is 12.0 Å². The van der Waals surface area contributed by atoms with Gasteiger partial charge in [-0.15, -0.1) is 12.3 Å². The summed E-state index contributed by atoms with van der Waals surface area (Å²) in [6.07, 6.45) is 5.61. The highest BCUT2D eigenvalue weighted by Crippen LogP contribution is 2.46. The lowest BCUT2D eigenvalue weighted by Crippen LogP contribution is -2.71. The van der Waals surface area contributed by atoms with E-state index in [0.29, 0.717) is 0 Å². The van der Waals surface area contributed by atoms with Gasteiger partial charge in [0.05, 0.1) is 16.1 Å². The van der Waals surface area contributed by atoms with Gasteiger partial charge in [0.25, 0.3) is 0 Å². The molecule has 1 fully saturated rings. The van der Waals surface area contributed by atoms with Crippen molar-refractivity contribution in [1.82, 2.24) is 5.32 Å². The minimum atomic E-state index is -1.50. The predicted molar refractivity (Wildman–Crippen MR) is 108 cm³/mol. The summed E-state index contributed by atoms with van der Waals surface area (Å²) in [5.41, 5.74) is 4.81. The zero-order valence-corrected chi connectivity index (χ0v) is 18.5. The lowest BCUT2D eigenvalue weighted by molar-refractivity contribution is 0.526. The Morgan fingerprint density at radius 3 is 1.64 bits per heavy atom. The molecule has 3 heteroatoms. The van der Waals surface area contributed by atoms with Crippen LogP contribution in [0.3, 0.4) is 0 Å². The Hall–Kier alpha value is 0.134. The largest absolute Gasteiger partial charge is 0.316 e. The van der Waals surface area contributed by atoms with Crippen LogP contribution in [0.2, 0.25) is 29.7 Å². The summed E-state index contributed by atoms with van der Waals surface area (Å²) < 4.78 is 0. The van der Waals surface area contributed by atoms with Crippen molar-refractivity contribution in [2.75, 3.05) is 0 Å². The Bertz CT molecular complexity index is 333. The van der Waals surface area contributed by atoms with Crippen LogP contribution in [-0.2, 0) is 0 Å². The first-order valence-corrected chi connectivity index (χ1v) is 15.0. The highest BCUT2D eigenvalue weighted by Gasteiger charge is 2.54. The quantitative estimate of drug-likeness (QED) is 0.528. The number of hydrogen-bond acceptors (Lipinski definition) is 1. The second kappa shape index (κ2) is 7.80. The fourth-order valence-electron chi connectivity index (χ4n) is 5.45. The van der Waals surface area contributed by atoms with Crippen molar-refractivity contribution in [3.05, 3.63) is 12.3 Å². The maximum atomic E-state index is 4.26. The first-order chi connectivity index (χ1) is 10.1. The van der Waals surface area contributed by atoms with Crippen LogP contribution >= 0.6 is 0 Å². The summed E-state index contributed by atoms with van der Waals surface area (Å²) in [5.74, 6) is 0. The van der Waals surface area contributed by atoms with Crippen LogP contribution in [0.1, 0.15) is 67.2 Å². The molecule has 1 nitrogen and oxygen atoms in total. The third-order valence-corrected chi connectivity index (χ3v) is 20.1. The molecule has 130 valence electrons. The van der Waals surface area contributed by atoms with Crippen LogP contribution < -0.4 is 5.32 Å². The summed E-state index contributed by atoms with van der Waals surface area (Å²) in [4.78, 5) is 0. The van der Waals surface area contributed by atoms with E-state index in [2.05, 4.69) is 72.2 Å². The van der Waals surface area contributed by atoms with E-state index in [1.165, 1.54) is 25.7 Å². The molecule has 0 bridgehead atoms. The molecule has 0 aromatic rings. The van der Waals surface area contributed by atoms with E-state index in [0.717, 1.165) is 28.0 Å². The van der Waals surface area contributed by atoms with Crippen LogP contribution in [0, 0.1) is 0 Å². The highest BCUT2D eigenvalue weighted by atomic mass is 28.4. The summed E-state index contributed by atoms with van der Waals surface area (Å²) in [5, 5.41) is 4.99. The van der Waals surface area contributed by atoms with Crippen LogP contribution in [0.5, 0.6) is 0 Å². The molecule has 0 saturated heterocycles. The average molecular weight is 340 g/mol. The molecular weight excluding hydrogens is 298 g/mol. The van der Waals surface area contributed by atoms with E-state index in [9.17, 15) is 0 Å². The van der Waals surface area contributed by atoms with Crippen molar-refractivity contribution < 1.29 is 0 Å². The molecule has 1 aliphatic rings. The second-order valence-electron chi connectivity index (χ2n) is 9.07. The molecule has 0 radical (unpaired) electrons. The van der Waals surface area contributed by atoms with Crippen LogP contribution in [0.15, 0.2) is 12.3 Å². The maximum Gasteiger partial charge on any atom is 0.0855 e. The molecule has 0 aromatic heterocycles. The SMILES string of the molecule is C=C[Si](C)(C)C(NC1CCCC1)[Si](C(C)C)(C(C)C)C(C)C. The smallest absolute Gasteiger partial charge is 0.0855 e. The van der Waals surface area contributed by atoms with Gasteiger partial charge in [0.1, 0.15) is 0 Å². The standard InChI is InChI=1S/C19H41NSi2/c1-10-21(8,9)19(20-18-13-11-12-14-18)22(15(2)3,16(4)5)17(6)7/h10,15-20H,1,11-14H2,2-9H3. The molecule has 1 atom stereocenters. The highest BCUT2D eigenvalue weighted by molar-refractivity contribution is 7.02. The summed E-state index contributed by atoms with van der Waals surface area (Å²) in [7, 11) is -2.99. The van der Waals surface area contributed by atoms with Crippen LogP contribution in [-0.4, -0.2) is 27.5 Å². The lowest BCUT2D eigenvalue weighted by Gasteiger charge is -2.54. The molecule has 0 heterocycles. The Labute approximate surface area is 142 Å². The normalized spacial score (nSPS) is 19.4. The van der Waals surface area contributed by atoms with Crippen LogP contribution in [0.4, 0.5) is 0 Å². The lowest BCUT2D eigenvalue weighted by atomic mass is 10.3. The molecule has 1 aliphatic carbocycles. The number of rotatable bonds is 8. The van der Waals surface area contributed by atoms with Crippen molar-refractivity contribution in [2.24, 2.45) is 0 Å². The van der Waals surface area contributed by atoms with Gasteiger partial charge in [-0.1, -0.05) is 67.5 Å². The molecule has 0 spiro atoms. The van der Waals surface area contributed by atoms with Crippen molar-refractivity contribution in [1.29, 1.82) is 0 Å².